The highest BCUT2D eigenvalue weighted by molar-refractivity contribution is 5.98. The highest BCUT2D eigenvalue weighted by Crippen LogP contribution is 2.17. The third-order valence-corrected chi connectivity index (χ3v) is 3.53. The van der Waals surface area contributed by atoms with Crippen LogP contribution >= 0.6 is 0 Å². The predicted molar refractivity (Wildman–Crippen MR) is 87.8 cm³/mol. The number of imide groups is 1. The first kappa shape index (κ1) is 17.3. The maximum Gasteiger partial charge on any atom is 0.338 e. The standard InChI is InChI=1S/C17H19N3O4/c1-10-4-5-11(2)20(10)14-8-6-13(7-9-14)16(22)24-12(3)15(21)19-17(18)23/h4-9,12H,1-3H3,(H3,18,19,21,23)/t12-/m1/s1. The lowest BCUT2D eigenvalue weighted by Crippen LogP contribution is -2.42. The number of carbonyl (C=O) groups excluding carboxylic acids is 3. The van der Waals surface area contributed by atoms with Gasteiger partial charge >= 0.3 is 12.0 Å². The monoisotopic (exact) mass is 329 g/mol. The second-order valence-corrected chi connectivity index (χ2v) is 5.40. The van der Waals surface area contributed by atoms with Crippen LogP contribution in [-0.4, -0.2) is 28.6 Å². The van der Waals surface area contributed by atoms with Crippen molar-refractivity contribution in [3.05, 3.63) is 53.3 Å². The van der Waals surface area contributed by atoms with Crippen LogP contribution in [0.1, 0.15) is 28.7 Å². The zero-order valence-electron chi connectivity index (χ0n) is 13.7. The van der Waals surface area contributed by atoms with E-state index in [-0.39, 0.29) is 0 Å². The van der Waals surface area contributed by atoms with Crippen molar-refractivity contribution in [3.63, 3.8) is 0 Å². The van der Waals surface area contributed by atoms with E-state index in [2.05, 4.69) is 4.57 Å². The number of amides is 3. The van der Waals surface area contributed by atoms with Crippen molar-refractivity contribution in [1.82, 2.24) is 9.88 Å². The fourth-order valence-corrected chi connectivity index (χ4v) is 2.33. The normalized spacial score (nSPS) is 11.6. The molecule has 0 fully saturated rings. The van der Waals surface area contributed by atoms with Gasteiger partial charge in [-0.3, -0.25) is 10.1 Å². The number of nitrogens with one attached hydrogen (secondary N) is 1. The molecule has 0 aliphatic rings. The minimum atomic E-state index is -1.13. The number of nitrogens with two attached hydrogens (primary N) is 1. The lowest BCUT2D eigenvalue weighted by Gasteiger charge is -2.13. The first-order chi connectivity index (χ1) is 11.3. The summed E-state index contributed by atoms with van der Waals surface area (Å²) < 4.78 is 7.07. The Morgan fingerprint density at radius 3 is 2.08 bits per heavy atom. The van der Waals surface area contributed by atoms with Crippen LogP contribution in [0.4, 0.5) is 4.79 Å². The Morgan fingerprint density at radius 1 is 1.04 bits per heavy atom. The second kappa shape index (κ2) is 6.99. The van der Waals surface area contributed by atoms with Crippen molar-refractivity contribution in [2.45, 2.75) is 26.9 Å². The van der Waals surface area contributed by atoms with Gasteiger partial charge in [0.15, 0.2) is 6.10 Å². The average molecular weight is 329 g/mol. The van der Waals surface area contributed by atoms with Gasteiger partial charge in [0.2, 0.25) is 0 Å². The Bertz CT molecular complexity index is 758. The molecule has 0 aliphatic carbocycles. The Hall–Kier alpha value is -3.09. The second-order valence-electron chi connectivity index (χ2n) is 5.40. The van der Waals surface area contributed by atoms with Crippen molar-refractivity contribution in [3.8, 4) is 5.69 Å². The summed E-state index contributed by atoms with van der Waals surface area (Å²) in [4.78, 5) is 34.2. The Labute approximate surface area is 139 Å². The fraction of sp³-hybridized carbons (Fsp3) is 0.235. The number of esters is 1. The summed E-state index contributed by atoms with van der Waals surface area (Å²) in [5.74, 6) is -1.43. The smallest absolute Gasteiger partial charge is 0.338 e. The molecule has 0 spiro atoms. The van der Waals surface area contributed by atoms with Gasteiger partial charge < -0.3 is 15.0 Å². The Morgan fingerprint density at radius 2 is 1.58 bits per heavy atom. The zero-order valence-corrected chi connectivity index (χ0v) is 13.7. The van der Waals surface area contributed by atoms with E-state index in [1.54, 1.807) is 24.3 Å². The minimum Gasteiger partial charge on any atom is -0.449 e. The molecule has 0 unspecified atom stereocenters. The lowest BCUT2D eigenvalue weighted by atomic mass is 10.2. The van der Waals surface area contributed by atoms with Crippen LogP contribution in [0.3, 0.4) is 0 Å². The predicted octanol–water partition coefficient (Wildman–Crippen LogP) is 1.83. The number of nitrogens with zero attached hydrogens (tertiary/aromatic N) is 1. The number of aromatic nitrogens is 1. The van der Waals surface area contributed by atoms with Gasteiger partial charge in [-0.1, -0.05) is 0 Å². The molecule has 0 saturated heterocycles. The number of hydrogen-bond acceptors (Lipinski definition) is 4. The molecule has 3 amide bonds. The average Bonchev–Trinajstić information content (AvgIpc) is 2.85. The molecule has 7 heteroatoms. The first-order valence-corrected chi connectivity index (χ1v) is 7.36. The molecule has 0 aliphatic heterocycles. The van der Waals surface area contributed by atoms with Crippen LogP contribution in [0.5, 0.6) is 0 Å². The van der Waals surface area contributed by atoms with Crippen LogP contribution in [0.25, 0.3) is 5.69 Å². The summed E-state index contributed by atoms with van der Waals surface area (Å²) in [7, 11) is 0. The van der Waals surface area contributed by atoms with Gasteiger partial charge in [-0.2, -0.15) is 0 Å². The summed E-state index contributed by atoms with van der Waals surface area (Å²) in [6.45, 7) is 5.35. The van der Waals surface area contributed by atoms with Gasteiger partial charge in [0, 0.05) is 17.1 Å². The minimum absolute atomic E-state index is 0.305. The number of benzene rings is 1. The molecular weight excluding hydrogens is 310 g/mol. The summed E-state index contributed by atoms with van der Waals surface area (Å²) in [5.41, 5.74) is 8.24. The van der Waals surface area contributed by atoms with Gasteiger partial charge in [-0.05, 0) is 57.2 Å². The van der Waals surface area contributed by atoms with Gasteiger partial charge in [0.25, 0.3) is 5.91 Å². The molecule has 3 N–H and O–H groups in total. The number of aryl methyl sites for hydroxylation is 2. The number of primary amides is 1. The molecule has 0 saturated carbocycles. The molecule has 1 aromatic heterocycles. The molecule has 1 heterocycles. The third kappa shape index (κ3) is 3.81. The third-order valence-electron chi connectivity index (χ3n) is 3.53. The Kier molecular flexibility index (Phi) is 5.03. The molecule has 1 aromatic carbocycles. The van der Waals surface area contributed by atoms with E-state index >= 15 is 0 Å². The van der Waals surface area contributed by atoms with Crippen molar-refractivity contribution >= 4 is 17.9 Å². The fourth-order valence-electron chi connectivity index (χ4n) is 2.33. The highest BCUT2D eigenvalue weighted by atomic mass is 16.5. The maximum absolute atomic E-state index is 12.1. The molecule has 0 radical (unpaired) electrons. The lowest BCUT2D eigenvalue weighted by molar-refractivity contribution is -0.127. The van der Waals surface area contributed by atoms with E-state index in [0.29, 0.717) is 5.56 Å². The van der Waals surface area contributed by atoms with Crippen molar-refractivity contribution in [2.75, 3.05) is 0 Å². The largest absolute Gasteiger partial charge is 0.449 e. The number of urea groups is 1. The summed E-state index contributed by atoms with van der Waals surface area (Å²) in [6.07, 6.45) is -1.13. The van der Waals surface area contributed by atoms with E-state index in [9.17, 15) is 14.4 Å². The van der Waals surface area contributed by atoms with Gasteiger partial charge in [0.05, 0.1) is 5.56 Å². The number of ether oxygens (including phenoxy) is 1. The molecule has 0 bridgehead atoms. The number of hydrogen-bond donors (Lipinski definition) is 2. The molecule has 7 nitrogen and oxygen atoms in total. The van der Waals surface area contributed by atoms with Gasteiger partial charge in [-0.15, -0.1) is 0 Å². The van der Waals surface area contributed by atoms with Gasteiger partial charge in [0.1, 0.15) is 0 Å². The maximum atomic E-state index is 12.1. The molecule has 2 aromatic rings. The summed E-state index contributed by atoms with van der Waals surface area (Å²) in [6, 6.07) is 9.86. The molecular formula is C17H19N3O4. The molecule has 2 rings (SSSR count). The Balaban J connectivity index is 2.09. The molecule has 24 heavy (non-hydrogen) atoms. The topological polar surface area (TPSA) is 103 Å². The van der Waals surface area contributed by atoms with Crippen LogP contribution in [0, 0.1) is 13.8 Å². The number of carbonyl (C=O) groups is 3. The quantitative estimate of drug-likeness (QED) is 0.835. The van der Waals surface area contributed by atoms with Crippen LogP contribution in [-0.2, 0) is 9.53 Å². The van der Waals surface area contributed by atoms with E-state index in [4.69, 9.17) is 10.5 Å². The van der Waals surface area contributed by atoms with Crippen molar-refractivity contribution < 1.29 is 19.1 Å². The van der Waals surface area contributed by atoms with E-state index in [1.807, 2.05) is 31.3 Å². The molecule has 126 valence electrons. The van der Waals surface area contributed by atoms with E-state index in [1.165, 1.54) is 6.92 Å². The van der Waals surface area contributed by atoms with E-state index < -0.39 is 24.0 Å². The van der Waals surface area contributed by atoms with Crippen LogP contribution in [0.2, 0.25) is 0 Å². The van der Waals surface area contributed by atoms with E-state index in [0.717, 1.165) is 17.1 Å². The van der Waals surface area contributed by atoms with Crippen LogP contribution in [0.15, 0.2) is 36.4 Å². The van der Waals surface area contributed by atoms with Crippen molar-refractivity contribution in [2.24, 2.45) is 5.73 Å². The zero-order chi connectivity index (χ0) is 17.9. The SMILES string of the molecule is Cc1ccc(C)n1-c1ccc(C(=O)O[C@H](C)C(=O)NC(N)=O)cc1. The first-order valence-electron chi connectivity index (χ1n) is 7.36. The molecule has 1 atom stereocenters. The van der Waals surface area contributed by atoms with Gasteiger partial charge in [-0.25, -0.2) is 9.59 Å². The van der Waals surface area contributed by atoms with Crippen molar-refractivity contribution in [1.29, 1.82) is 0 Å². The summed E-state index contributed by atoms with van der Waals surface area (Å²) in [5, 5.41) is 1.86. The number of rotatable bonds is 4. The van der Waals surface area contributed by atoms with Crippen LogP contribution < -0.4 is 11.1 Å². The highest BCUT2D eigenvalue weighted by Gasteiger charge is 2.20. The summed E-state index contributed by atoms with van der Waals surface area (Å²) >= 11 is 0.